The molecule has 0 saturated heterocycles. The SMILES string of the molecule is Cc1ccccc1Nc1nc(NCCCOC(C)C)nc2c1cnn2-c1ccccc1. The van der Waals surface area contributed by atoms with E-state index in [1.807, 2.05) is 73.3 Å². The highest BCUT2D eigenvalue weighted by molar-refractivity contribution is 5.90. The molecule has 0 aliphatic carbocycles. The monoisotopic (exact) mass is 416 g/mol. The molecular formula is C24H28N6O. The predicted molar refractivity (Wildman–Crippen MR) is 125 cm³/mol. The second kappa shape index (κ2) is 9.57. The lowest BCUT2D eigenvalue weighted by Crippen LogP contribution is -2.12. The molecule has 0 amide bonds. The topological polar surface area (TPSA) is 76.9 Å². The Balaban J connectivity index is 1.67. The zero-order chi connectivity index (χ0) is 21.6. The molecule has 0 bridgehead atoms. The second-order valence-electron chi connectivity index (χ2n) is 7.66. The van der Waals surface area contributed by atoms with E-state index >= 15 is 0 Å². The van der Waals surface area contributed by atoms with Crippen molar-refractivity contribution in [1.29, 1.82) is 0 Å². The molecule has 31 heavy (non-hydrogen) atoms. The molecule has 2 heterocycles. The number of para-hydroxylation sites is 2. The lowest BCUT2D eigenvalue weighted by atomic mass is 10.2. The minimum absolute atomic E-state index is 0.234. The molecule has 2 N–H and O–H groups in total. The van der Waals surface area contributed by atoms with Crippen molar-refractivity contribution in [3.05, 3.63) is 66.4 Å². The maximum atomic E-state index is 5.62. The highest BCUT2D eigenvalue weighted by Gasteiger charge is 2.15. The van der Waals surface area contributed by atoms with Crippen molar-refractivity contribution in [2.24, 2.45) is 0 Å². The molecule has 0 aliphatic rings. The summed E-state index contributed by atoms with van der Waals surface area (Å²) in [6, 6.07) is 18.1. The smallest absolute Gasteiger partial charge is 0.226 e. The molecule has 160 valence electrons. The molecule has 4 rings (SSSR count). The molecule has 0 saturated carbocycles. The highest BCUT2D eigenvalue weighted by Crippen LogP contribution is 2.28. The normalized spacial score (nSPS) is 11.2. The van der Waals surface area contributed by atoms with Crippen molar-refractivity contribution < 1.29 is 4.74 Å². The Hall–Kier alpha value is -3.45. The van der Waals surface area contributed by atoms with Gasteiger partial charge in [0.15, 0.2) is 5.65 Å². The van der Waals surface area contributed by atoms with Crippen molar-refractivity contribution in [2.45, 2.75) is 33.3 Å². The number of fused-ring (bicyclic) bond motifs is 1. The Bertz CT molecular complexity index is 1140. The van der Waals surface area contributed by atoms with E-state index in [-0.39, 0.29) is 6.10 Å². The summed E-state index contributed by atoms with van der Waals surface area (Å²) >= 11 is 0. The van der Waals surface area contributed by atoms with Crippen molar-refractivity contribution >= 4 is 28.5 Å². The van der Waals surface area contributed by atoms with Gasteiger partial charge in [-0.05, 0) is 51.0 Å². The van der Waals surface area contributed by atoms with Crippen molar-refractivity contribution in [2.75, 3.05) is 23.8 Å². The van der Waals surface area contributed by atoms with Crippen LogP contribution in [-0.2, 0) is 4.74 Å². The Labute approximate surface area is 182 Å². The first kappa shape index (κ1) is 20.8. The molecule has 0 unspecified atom stereocenters. The van der Waals surface area contributed by atoms with E-state index in [1.165, 1.54) is 0 Å². The van der Waals surface area contributed by atoms with Crippen LogP contribution in [0.3, 0.4) is 0 Å². The van der Waals surface area contributed by atoms with Crippen LogP contribution in [0.4, 0.5) is 17.5 Å². The van der Waals surface area contributed by atoms with Gasteiger partial charge < -0.3 is 15.4 Å². The van der Waals surface area contributed by atoms with Crippen molar-refractivity contribution in [3.63, 3.8) is 0 Å². The number of aryl methyl sites for hydroxylation is 1. The summed E-state index contributed by atoms with van der Waals surface area (Å²) in [5.74, 6) is 1.29. The summed E-state index contributed by atoms with van der Waals surface area (Å²) in [7, 11) is 0. The van der Waals surface area contributed by atoms with E-state index in [1.54, 1.807) is 0 Å². The van der Waals surface area contributed by atoms with E-state index in [0.717, 1.165) is 46.8 Å². The van der Waals surface area contributed by atoms with E-state index in [4.69, 9.17) is 14.7 Å². The van der Waals surface area contributed by atoms with E-state index in [9.17, 15) is 0 Å². The summed E-state index contributed by atoms with van der Waals surface area (Å²) in [5, 5.41) is 12.3. The van der Waals surface area contributed by atoms with Crippen LogP contribution in [0.25, 0.3) is 16.7 Å². The number of benzene rings is 2. The van der Waals surface area contributed by atoms with Gasteiger partial charge in [0.25, 0.3) is 0 Å². The summed E-state index contributed by atoms with van der Waals surface area (Å²) in [6.45, 7) is 7.57. The third kappa shape index (κ3) is 5.00. The Morgan fingerprint density at radius 3 is 2.55 bits per heavy atom. The molecule has 0 atom stereocenters. The average Bonchev–Trinajstić information content (AvgIpc) is 3.20. The fourth-order valence-electron chi connectivity index (χ4n) is 3.27. The fraction of sp³-hybridized carbons (Fsp3) is 0.292. The van der Waals surface area contributed by atoms with Crippen LogP contribution >= 0.6 is 0 Å². The van der Waals surface area contributed by atoms with Gasteiger partial charge in [-0.2, -0.15) is 15.1 Å². The van der Waals surface area contributed by atoms with Gasteiger partial charge in [-0.1, -0.05) is 36.4 Å². The number of nitrogens with one attached hydrogen (secondary N) is 2. The zero-order valence-corrected chi connectivity index (χ0v) is 18.2. The minimum atomic E-state index is 0.234. The first-order chi connectivity index (χ1) is 15.1. The fourth-order valence-corrected chi connectivity index (χ4v) is 3.27. The number of nitrogens with zero attached hydrogens (tertiary/aromatic N) is 4. The van der Waals surface area contributed by atoms with Gasteiger partial charge in [-0.15, -0.1) is 0 Å². The van der Waals surface area contributed by atoms with E-state index < -0.39 is 0 Å². The standard InChI is InChI=1S/C24H28N6O/c1-17(2)31-15-9-14-25-24-28-22(27-21-13-8-7-10-18(21)3)20-16-26-30(23(20)29-24)19-11-5-4-6-12-19/h4-8,10-13,16-17H,9,14-15H2,1-3H3,(H2,25,27,28,29). The first-order valence-electron chi connectivity index (χ1n) is 10.6. The Morgan fingerprint density at radius 2 is 1.77 bits per heavy atom. The summed E-state index contributed by atoms with van der Waals surface area (Å²) in [5.41, 5.74) is 3.85. The van der Waals surface area contributed by atoms with Gasteiger partial charge in [-0.3, -0.25) is 0 Å². The number of aromatic nitrogens is 4. The molecule has 0 aliphatic heterocycles. The molecule has 2 aromatic carbocycles. The lowest BCUT2D eigenvalue weighted by molar-refractivity contribution is 0.0787. The number of rotatable bonds is 9. The molecule has 4 aromatic rings. The summed E-state index contributed by atoms with van der Waals surface area (Å²) in [4.78, 5) is 9.52. The molecule has 0 radical (unpaired) electrons. The van der Waals surface area contributed by atoms with E-state index in [2.05, 4.69) is 28.7 Å². The van der Waals surface area contributed by atoms with Crippen LogP contribution in [0.5, 0.6) is 0 Å². The molecular weight excluding hydrogens is 388 g/mol. The van der Waals surface area contributed by atoms with Crippen LogP contribution in [-0.4, -0.2) is 39.0 Å². The second-order valence-corrected chi connectivity index (χ2v) is 7.66. The van der Waals surface area contributed by atoms with Crippen LogP contribution in [0, 0.1) is 6.92 Å². The summed E-state index contributed by atoms with van der Waals surface area (Å²) < 4.78 is 7.46. The van der Waals surface area contributed by atoms with Gasteiger partial charge in [0.2, 0.25) is 5.95 Å². The molecule has 7 heteroatoms. The molecule has 0 fully saturated rings. The molecule has 0 spiro atoms. The Kier molecular flexibility index (Phi) is 6.43. The Morgan fingerprint density at radius 1 is 1.00 bits per heavy atom. The maximum absolute atomic E-state index is 5.62. The first-order valence-corrected chi connectivity index (χ1v) is 10.6. The van der Waals surface area contributed by atoms with Gasteiger partial charge in [0, 0.05) is 18.8 Å². The highest BCUT2D eigenvalue weighted by atomic mass is 16.5. The van der Waals surface area contributed by atoms with Crippen LogP contribution < -0.4 is 10.6 Å². The number of hydrogen-bond donors (Lipinski definition) is 2. The van der Waals surface area contributed by atoms with Crippen molar-refractivity contribution in [1.82, 2.24) is 19.7 Å². The summed E-state index contributed by atoms with van der Waals surface area (Å²) in [6.07, 6.45) is 2.92. The quantitative estimate of drug-likeness (QED) is 0.370. The van der Waals surface area contributed by atoms with Crippen molar-refractivity contribution in [3.8, 4) is 5.69 Å². The lowest BCUT2D eigenvalue weighted by Gasteiger charge is -2.13. The number of ether oxygens (including phenoxy) is 1. The maximum Gasteiger partial charge on any atom is 0.226 e. The van der Waals surface area contributed by atoms with Gasteiger partial charge in [-0.25, -0.2) is 4.68 Å². The van der Waals surface area contributed by atoms with E-state index in [0.29, 0.717) is 12.6 Å². The minimum Gasteiger partial charge on any atom is -0.379 e. The van der Waals surface area contributed by atoms with Crippen LogP contribution in [0.2, 0.25) is 0 Å². The van der Waals surface area contributed by atoms with Gasteiger partial charge in [0.1, 0.15) is 5.82 Å². The van der Waals surface area contributed by atoms with Gasteiger partial charge in [0.05, 0.1) is 23.4 Å². The third-order valence-corrected chi connectivity index (χ3v) is 4.88. The third-order valence-electron chi connectivity index (χ3n) is 4.88. The van der Waals surface area contributed by atoms with Gasteiger partial charge >= 0.3 is 0 Å². The number of anilines is 3. The largest absolute Gasteiger partial charge is 0.379 e. The predicted octanol–water partition coefficient (Wildman–Crippen LogP) is 5.09. The molecule has 7 nitrogen and oxygen atoms in total. The van der Waals surface area contributed by atoms with Crippen LogP contribution in [0.15, 0.2) is 60.8 Å². The average molecular weight is 417 g/mol. The molecule has 2 aromatic heterocycles. The number of hydrogen-bond acceptors (Lipinski definition) is 6. The zero-order valence-electron chi connectivity index (χ0n) is 18.2. The van der Waals surface area contributed by atoms with Crippen LogP contribution in [0.1, 0.15) is 25.8 Å².